The van der Waals surface area contributed by atoms with Gasteiger partial charge in [-0.2, -0.15) is 0 Å². The van der Waals surface area contributed by atoms with Gasteiger partial charge in [0.25, 0.3) is 0 Å². The maximum atomic E-state index is 12.4. The summed E-state index contributed by atoms with van der Waals surface area (Å²) in [5.41, 5.74) is 1.01. The first-order chi connectivity index (χ1) is 11.1. The van der Waals surface area contributed by atoms with Crippen molar-refractivity contribution in [2.75, 3.05) is 0 Å². The summed E-state index contributed by atoms with van der Waals surface area (Å²) in [6.45, 7) is 2.10. The average Bonchev–Trinajstić information content (AvgIpc) is 3.32. The number of carbonyl (C=O) groups is 1. The zero-order chi connectivity index (χ0) is 16.2. The van der Waals surface area contributed by atoms with Gasteiger partial charge >= 0.3 is 0 Å². The molecule has 2 aromatic rings. The largest absolute Gasteiger partial charge is 0.351 e. The van der Waals surface area contributed by atoms with E-state index in [0.717, 1.165) is 18.4 Å². The van der Waals surface area contributed by atoms with Crippen LogP contribution in [0.2, 0.25) is 0 Å². The van der Waals surface area contributed by atoms with Crippen molar-refractivity contribution in [2.45, 2.75) is 43.4 Å². The Hall–Kier alpha value is -2.09. The van der Waals surface area contributed by atoms with Crippen molar-refractivity contribution in [3.8, 4) is 0 Å². The minimum absolute atomic E-state index is 0.198. The van der Waals surface area contributed by atoms with Gasteiger partial charge in [0.05, 0.1) is 11.8 Å². The summed E-state index contributed by atoms with van der Waals surface area (Å²) < 4.78 is 14.1. The van der Waals surface area contributed by atoms with Crippen molar-refractivity contribution in [1.82, 2.24) is 25.5 Å². The molecular formula is C15H19N5O2S. The van der Waals surface area contributed by atoms with Gasteiger partial charge in [-0.15, -0.1) is 5.10 Å². The Bertz CT molecular complexity index is 699. The fourth-order valence-electron chi connectivity index (χ4n) is 2.21. The molecule has 2 atom stereocenters. The Morgan fingerprint density at radius 2 is 2.13 bits per heavy atom. The van der Waals surface area contributed by atoms with Gasteiger partial charge in [0.2, 0.25) is 5.91 Å². The number of nitrogens with one attached hydrogen (secondary N) is 1. The lowest BCUT2D eigenvalue weighted by Crippen LogP contribution is -2.35. The third-order valence-corrected chi connectivity index (χ3v) is 5.34. The molecule has 0 spiro atoms. The molecule has 3 rings (SSSR count). The van der Waals surface area contributed by atoms with E-state index in [1.54, 1.807) is 11.6 Å². The molecule has 0 bridgehead atoms. The summed E-state index contributed by atoms with van der Waals surface area (Å²) in [6, 6.07) is 9.96. The van der Waals surface area contributed by atoms with Crippen molar-refractivity contribution in [3.05, 3.63) is 41.7 Å². The highest BCUT2D eigenvalue weighted by molar-refractivity contribution is 7.85. The third-order valence-electron chi connectivity index (χ3n) is 3.80. The lowest BCUT2D eigenvalue weighted by Gasteiger charge is -2.12. The van der Waals surface area contributed by atoms with Crippen molar-refractivity contribution in [2.24, 2.45) is 0 Å². The van der Waals surface area contributed by atoms with Gasteiger partial charge in [0.1, 0.15) is 5.25 Å². The van der Waals surface area contributed by atoms with Crippen LogP contribution in [0.1, 0.15) is 37.2 Å². The summed E-state index contributed by atoms with van der Waals surface area (Å²) in [5, 5.41) is 13.7. The standard InChI is InChI=1S/C15H19N5O2S/c1-11(15(21)16-9-12-5-3-2-4-6-12)23(22)10-14-17-18-19-20(14)13-7-8-13/h2-6,11,13H,7-10H2,1H3,(H,16,21). The summed E-state index contributed by atoms with van der Waals surface area (Å²) >= 11 is 0. The number of nitrogens with zero attached hydrogens (tertiary/aromatic N) is 4. The van der Waals surface area contributed by atoms with Gasteiger partial charge < -0.3 is 5.32 Å². The zero-order valence-corrected chi connectivity index (χ0v) is 13.7. The van der Waals surface area contributed by atoms with Crippen LogP contribution in [-0.2, 0) is 27.9 Å². The zero-order valence-electron chi connectivity index (χ0n) is 12.9. The van der Waals surface area contributed by atoms with E-state index < -0.39 is 16.0 Å². The minimum Gasteiger partial charge on any atom is -0.351 e. The molecule has 0 radical (unpaired) electrons. The first-order valence-electron chi connectivity index (χ1n) is 7.60. The molecule has 1 fully saturated rings. The van der Waals surface area contributed by atoms with Crippen molar-refractivity contribution >= 4 is 16.7 Å². The van der Waals surface area contributed by atoms with E-state index in [1.807, 2.05) is 30.3 Å². The fourth-order valence-corrected chi connectivity index (χ4v) is 3.23. The van der Waals surface area contributed by atoms with Gasteiger partial charge in [-0.25, -0.2) is 4.68 Å². The van der Waals surface area contributed by atoms with E-state index >= 15 is 0 Å². The second-order valence-corrected chi connectivity index (χ2v) is 7.40. The molecule has 1 saturated carbocycles. The molecule has 1 heterocycles. The van der Waals surface area contributed by atoms with E-state index in [1.165, 1.54) is 0 Å². The summed E-state index contributed by atoms with van der Waals surface area (Å²) in [7, 11) is -1.36. The van der Waals surface area contributed by atoms with Gasteiger partial charge in [-0.3, -0.25) is 9.00 Å². The van der Waals surface area contributed by atoms with E-state index in [0.29, 0.717) is 18.4 Å². The van der Waals surface area contributed by atoms with Crippen LogP contribution in [-0.4, -0.2) is 35.6 Å². The Balaban J connectivity index is 1.54. The van der Waals surface area contributed by atoms with Crippen LogP contribution in [0.4, 0.5) is 0 Å². The number of benzene rings is 1. The second-order valence-electron chi connectivity index (χ2n) is 5.64. The van der Waals surface area contributed by atoms with Crippen LogP contribution in [0, 0.1) is 0 Å². The molecule has 0 aliphatic heterocycles. The first-order valence-corrected chi connectivity index (χ1v) is 8.99. The molecular weight excluding hydrogens is 314 g/mol. The number of rotatable bonds is 7. The monoisotopic (exact) mass is 333 g/mol. The quantitative estimate of drug-likeness (QED) is 0.815. The smallest absolute Gasteiger partial charge is 0.235 e. The lowest BCUT2D eigenvalue weighted by atomic mass is 10.2. The van der Waals surface area contributed by atoms with Crippen LogP contribution in [0.3, 0.4) is 0 Å². The van der Waals surface area contributed by atoms with Crippen LogP contribution in [0.25, 0.3) is 0 Å². The second kappa shape index (κ2) is 6.99. The maximum absolute atomic E-state index is 12.4. The average molecular weight is 333 g/mol. The van der Waals surface area contributed by atoms with E-state index in [4.69, 9.17) is 0 Å². The Morgan fingerprint density at radius 1 is 1.39 bits per heavy atom. The summed E-state index contributed by atoms with van der Waals surface area (Å²) in [6.07, 6.45) is 2.11. The van der Waals surface area contributed by atoms with Gasteiger partial charge in [0.15, 0.2) is 5.82 Å². The molecule has 1 amide bonds. The van der Waals surface area contributed by atoms with E-state index in [9.17, 15) is 9.00 Å². The topological polar surface area (TPSA) is 89.8 Å². The Kier molecular flexibility index (Phi) is 4.80. The van der Waals surface area contributed by atoms with Gasteiger partial charge in [-0.05, 0) is 35.8 Å². The highest BCUT2D eigenvalue weighted by Crippen LogP contribution is 2.34. The Labute approximate surface area is 136 Å². The lowest BCUT2D eigenvalue weighted by molar-refractivity contribution is -0.120. The third kappa shape index (κ3) is 4.01. The molecule has 122 valence electrons. The molecule has 1 aromatic carbocycles. The summed E-state index contributed by atoms with van der Waals surface area (Å²) in [4.78, 5) is 12.2. The predicted octanol–water partition coefficient (Wildman–Crippen LogP) is 0.962. The molecule has 23 heavy (non-hydrogen) atoms. The van der Waals surface area contributed by atoms with Crippen LogP contribution in [0.15, 0.2) is 30.3 Å². The number of amides is 1. The normalized spacial score (nSPS) is 16.7. The molecule has 8 heteroatoms. The maximum Gasteiger partial charge on any atom is 0.235 e. The molecule has 1 aromatic heterocycles. The molecule has 1 aliphatic carbocycles. The number of aromatic nitrogens is 4. The minimum atomic E-state index is -1.36. The van der Waals surface area contributed by atoms with Crippen LogP contribution in [0.5, 0.6) is 0 Å². The number of hydrogen-bond acceptors (Lipinski definition) is 5. The Morgan fingerprint density at radius 3 is 2.83 bits per heavy atom. The number of carbonyl (C=O) groups excluding carboxylic acids is 1. The van der Waals surface area contributed by atoms with E-state index in [-0.39, 0.29) is 11.7 Å². The first kappa shape index (κ1) is 15.8. The number of tetrazole rings is 1. The highest BCUT2D eigenvalue weighted by atomic mass is 32.2. The molecule has 2 unspecified atom stereocenters. The SMILES string of the molecule is CC(C(=O)NCc1ccccc1)S(=O)Cc1nnnn1C1CC1. The summed E-state index contributed by atoms with van der Waals surface area (Å²) in [5.74, 6) is 0.565. The van der Waals surface area contributed by atoms with Gasteiger partial charge in [-0.1, -0.05) is 30.3 Å². The fraction of sp³-hybridized carbons (Fsp3) is 0.467. The number of hydrogen-bond donors (Lipinski definition) is 1. The van der Waals surface area contributed by atoms with Crippen LogP contribution >= 0.6 is 0 Å². The van der Waals surface area contributed by atoms with Gasteiger partial charge in [0, 0.05) is 17.3 Å². The van der Waals surface area contributed by atoms with Crippen LogP contribution < -0.4 is 5.32 Å². The van der Waals surface area contributed by atoms with Crippen molar-refractivity contribution in [1.29, 1.82) is 0 Å². The highest BCUT2D eigenvalue weighted by Gasteiger charge is 2.29. The molecule has 1 N–H and O–H groups in total. The molecule has 7 nitrogen and oxygen atoms in total. The van der Waals surface area contributed by atoms with E-state index in [2.05, 4.69) is 20.8 Å². The molecule has 1 aliphatic rings. The predicted molar refractivity (Wildman–Crippen MR) is 85.7 cm³/mol. The van der Waals surface area contributed by atoms with Crippen molar-refractivity contribution in [3.63, 3.8) is 0 Å². The molecule has 0 saturated heterocycles. The van der Waals surface area contributed by atoms with Crippen molar-refractivity contribution < 1.29 is 9.00 Å².